The molecule has 0 fully saturated rings. The lowest BCUT2D eigenvalue weighted by atomic mass is 9.99. The maximum Gasteiger partial charge on any atom is 0.313 e. The molecule has 0 amide bonds. The molecule has 4 nitrogen and oxygen atoms in total. The lowest BCUT2D eigenvalue weighted by Crippen LogP contribution is -2.14. The van der Waals surface area contributed by atoms with E-state index in [9.17, 15) is 4.79 Å². The molecule has 1 aromatic carbocycles. The Hall–Kier alpha value is -2.10. The van der Waals surface area contributed by atoms with E-state index >= 15 is 0 Å². The van der Waals surface area contributed by atoms with Crippen molar-refractivity contribution < 1.29 is 9.53 Å². The van der Waals surface area contributed by atoms with Crippen molar-refractivity contribution in [1.82, 2.24) is 9.78 Å². The molecule has 2 rings (SSSR count). The number of ether oxygens (including phenoxy) is 1. The van der Waals surface area contributed by atoms with Crippen LogP contribution in [0.15, 0.2) is 24.3 Å². The highest BCUT2D eigenvalue weighted by Crippen LogP contribution is 2.26. The molecule has 0 N–H and O–H groups in total. The van der Waals surface area contributed by atoms with Gasteiger partial charge in [-0.15, -0.1) is 0 Å². The van der Waals surface area contributed by atoms with Crippen LogP contribution in [0.25, 0.3) is 5.69 Å². The zero-order chi connectivity index (χ0) is 15.6. The van der Waals surface area contributed by atoms with Gasteiger partial charge in [-0.25, -0.2) is 4.68 Å². The number of esters is 1. The lowest BCUT2D eigenvalue weighted by Gasteiger charge is -2.11. The van der Waals surface area contributed by atoms with Gasteiger partial charge in [-0.3, -0.25) is 4.79 Å². The van der Waals surface area contributed by atoms with E-state index in [1.54, 1.807) is 0 Å². The second kappa shape index (κ2) is 6.12. The van der Waals surface area contributed by atoms with Crippen molar-refractivity contribution in [1.29, 1.82) is 0 Å². The zero-order valence-electron chi connectivity index (χ0n) is 13.3. The highest BCUT2D eigenvalue weighted by atomic mass is 16.5. The van der Waals surface area contributed by atoms with E-state index in [0.29, 0.717) is 6.61 Å². The fourth-order valence-corrected chi connectivity index (χ4v) is 2.60. The zero-order valence-corrected chi connectivity index (χ0v) is 13.3. The maximum atomic E-state index is 12.0. The molecular weight excluding hydrogens is 264 g/mol. The maximum absolute atomic E-state index is 12.0. The highest BCUT2D eigenvalue weighted by molar-refractivity contribution is 5.78. The molecule has 112 valence electrons. The average molecular weight is 286 g/mol. The van der Waals surface area contributed by atoms with Gasteiger partial charge in [0.2, 0.25) is 0 Å². The summed E-state index contributed by atoms with van der Waals surface area (Å²) in [5, 5.41) is 4.58. The quantitative estimate of drug-likeness (QED) is 0.808. The number of aryl methyl sites for hydroxylation is 2. The van der Waals surface area contributed by atoms with E-state index in [1.165, 1.54) is 5.56 Å². The van der Waals surface area contributed by atoms with Gasteiger partial charge in [0.15, 0.2) is 0 Å². The van der Waals surface area contributed by atoms with Gasteiger partial charge >= 0.3 is 5.97 Å². The molecule has 0 spiro atoms. The number of carbonyl (C=O) groups is 1. The Bertz CT molecular complexity index is 642. The van der Waals surface area contributed by atoms with Gasteiger partial charge in [0.1, 0.15) is 0 Å². The molecule has 0 radical (unpaired) electrons. The smallest absolute Gasteiger partial charge is 0.313 e. The third-order valence-electron chi connectivity index (χ3n) is 3.70. The number of hydrogen-bond acceptors (Lipinski definition) is 3. The third kappa shape index (κ3) is 2.99. The Kier molecular flexibility index (Phi) is 4.46. The van der Waals surface area contributed by atoms with E-state index < -0.39 is 0 Å². The molecule has 1 atom stereocenters. The molecule has 1 unspecified atom stereocenters. The summed E-state index contributed by atoms with van der Waals surface area (Å²) in [5.74, 6) is -0.503. The van der Waals surface area contributed by atoms with Gasteiger partial charge < -0.3 is 4.74 Å². The summed E-state index contributed by atoms with van der Waals surface area (Å²) in [5.41, 5.74) is 5.02. The van der Waals surface area contributed by atoms with Crippen molar-refractivity contribution in [3.05, 3.63) is 46.8 Å². The number of nitrogens with zero attached hydrogens (tertiary/aromatic N) is 2. The van der Waals surface area contributed by atoms with Crippen molar-refractivity contribution in [3.8, 4) is 5.69 Å². The van der Waals surface area contributed by atoms with Gasteiger partial charge in [0.25, 0.3) is 0 Å². The summed E-state index contributed by atoms with van der Waals surface area (Å²) < 4.78 is 7.01. The summed E-state index contributed by atoms with van der Waals surface area (Å²) in [4.78, 5) is 12.0. The molecule has 0 aliphatic heterocycles. The van der Waals surface area contributed by atoms with E-state index in [0.717, 1.165) is 22.6 Å². The largest absolute Gasteiger partial charge is 0.466 e. The minimum absolute atomic E-state index is 0.202. The minimum atomic E-state index is -0.302. The van der Waals surface area contributed by atoms with Crippen molar-refractivity contribution in [2.75, 3.05) is 6.61 Å². The standard InChI is InChI=1S/C17H22N2O2/c1-6-21-17(20)12(3)16-13(4)18-19(14(16)5)15-9-7-11(2)8-10-15/h7-10,12H,6H2,1-5H3. The van der Waals surface area contributed by atoms with Crippen LogP contribution in [0.4, 0.5) is 0 Å². The number of hydrogen-bond donors (Lipinski definition) is 0. The monoisotopic (exact) mass is 286 g/mol. The van der Waals surface area contributed by atoms with E-state index in [4.69, 9.17) is 4.74 Å². The normalized spacial score (nSPS) is 12.2. The summed E-state index contributed by atoms with van der Waals surface area (Å²) in [6.45, 7) is 10.1. The molecule has 0 aliphatic carbocycles. The molecule has 1 heterocycles. The molecule has 1 aromatic heterocycles. The predicted molar refractivity (Wildman–Crippen MR) is 82.8 cm³/mol. The van der Waals surface area contributed by atoms with Crippen LogP contribution in [0.3, 0.4) is 0 Å². The first kappa shape index (κ1) is 15.3. The second-order valence-corrected chi connectivity index (χ2v) is 5.31. The van der Waals surface area contributed by atoms with E-state index in [1.807, 2.05) is 44.5 Å². The fraction of sp³-hybridized carbons (Fsp3) is 0.412. The number of aromatic nitrogens is 2. The van der Waals surface area contributed by atoms with Crippen LogP contribution >= 0.6 is 0 Å². The Morgan fingerprint density at radius 3 is 2.43 bits per heavy atom. The fourth-order valence-electron chi connectivity index (χ4n) is 2.60. The van der Waals surface area contributed by atoms with Crippen molar-refractivity contribution >= 4 is 5.97 Å². The van der Waals surface area contributed by atoms with Crippen LogP contribution < -0.4 is 0 Å². The second-order valence-electron chi connectivity index (χ2n) is 5.31. The summed E-state index contributed by atoms with van der Waals surface area (Å²) in [6, 6.07) is 8.18. The molecule has 21 heavy (non-hydrogen) atoms. The molecule has 4 heteroatoms. The summed E-state index contributed by atoms with van der Waals surface area (Å²) >= 11 is 0. The third-order valence-corrected chi connectivity index (χ3v) is 3.70. The van der Waals surface area contributed by atoms with Gasteiger partial charge in [-0.1, -0.05) is 17.7 Å². The molecule has 0 bridgehead atoms. The molecule has 0 saturated carbocycles. The molecule has 0 saturated heterocycles. The van der Waals surface area contributed by atoms with Crippen LogP contribution in [0.5, 0.6) is 0 Å². The summed E-state index contributed by atoms with van der Waals surface area (Å²) in [7, 11) is 0. The average Bonchev–Trinajstić information content (AvgIpc) is 2.74. The first-order valence-corrected chi connectivity index (χ1v) is 7.25. The SMILES string of the molecule is CCOC(=O)C(C)c1c(C)nn(-c2ccc(C)cc2)c1C. The Labute approximate surface area is 125 Å². The van der Waals surface area contributed by atoms with Gasteiger partial charge in [-0.05, 0) is 46.8 Å². The van der Waals surface area contributed by atoms with Gasteiger partial charge in [-0.2, -0.15) is 5.10 Å². The Balaban J connectivity index is 2.42. The lowest BCUT2D eigenvalue weighted by molar-refractivity contribution is -0.144. The van der Waals surface area contributed by atoms with Crippen molar-refractivity contribution in [2.45, 2.75) is 40.5 Å². The van der Waals surface area contributed by atoms with Crippen LogP contribution in [0, 0.1) is 20.8 Å². The van der Waals surface area contributed by atoms with Crippen LogP contribution in [0.2, 0.25) is 0 Å². The Morgan fingerprint density at radius 2 is 1.86 bits per heavy atom. The van der Waals surface area contributed by atoms with Gasteiger partial charge in [0.05, 0.1) is 23.9 Å². The van der Waals surface area contributed by atoms with Crippen LogP contribution in [0.1, 0.15) is 42.3 Å². The van der Waals surface area contributed by atoms with E-state index in [2.05, 4.69) is 24.2 Å². The van der Waals surface area contributed by atoms with Crippen LogP contribution in [-0.4, -0.2) is 22.4 Å². The van der Waals surface area contributed by atoms with Crippen LogP contribution in [-0.2, 0) is 9.53 Å². The number of rotatable bonds is 4. The predicted octanol–water partition coefficient (Wildman–Crippen LogP) is 3.46. The number of carbonyl (C=O) groups excluding carboxylic acids is 1. The molecule has 2 aromatic rings. The first-order valence-electron chi connectivity index (χ1n) is 7.25. The van der Waals surface area contributed by atoms with Gasteiger partial charge in [0, 0.05) is 11.3 Å². The summed E-state index contributed by atoms with van der Waals surface area (Å²) in [6.07, 6.45) is 0. The minimum Gasteiger partial charge on any atom is -0.466 e. The van der Waals surface area contributed by atoms with E-state index in [-0.39, 0.29) is 11.9 Å². The number of benzene rings is 1. The van der Waals surface area contributed by atoms with Crippen molar-refractivity contribution in [3.63, 3.8) is 0 Å². The molecular formula is C17H22N2O2. The highest BCUT2D eigenvalue weighted by Gasteiger charge is 2.24. The topological polar surface area (TPSA) is 44.1 Å². The Morgan fingerprint density at radius 1 is 1.24 bits per heavy atom. The first-order chi connectivity index (χ1) is 9.95. The van der Waals surface area contributed by atoms with Crippen molar-refractivity contribution in [2.24, 2.45) is 0 Å². The molecule has 0 aliphatic rings.